The summed E-state index contributed by atoms with van der Waals surface area (Å²) in [6.45, 7) is 6.83. The second-order valence-electron chi connectivity index (χ2n) is 5.47. The molecular formula is C17H28N4O. The van der Waals surface area contributed by atoms with E-state index in [1.54, 1.807) is 0 Å². The van der Waals surface area contributed by atoms with Gasteiger partial charge in [-0.1, -0.05) is 30.3 Å². The lowest BCUT2D eigenvalue weighted by Crippen LogP contribution is -2.41. The Kier molecular flexibility index (Phi) is 7.77. The van der Waals surface area contributed by atoms with Gasteiger partial charge in [-0.25, -0.2) is 0 Å². The number of hydrogen-bond donors (Lipinski definition) is 2. The summed E-state index contributed by atoms with van der Waals surface area (Å²) >= 11 is 0. The van der Waals surface area contributed by atoms with Gasteiger partial charge in [0.15, 0.2) is 5.96 Å². The summed E-state index contributed by atoms with van der Waals surface area (Å²) in [5.41, 5.74) is 1.35. The highest BCUT2D eigenvalue weighted by Crippen LogP contribution is 1.98. The first-order chi connectivity index (χ1) is 10.9. The molecule has 0 bridgehead atoms. The number of ether oxygens (including phenoxy) is 1. The highest BCUT2D eigenvalue weighted by Gasteiger charge is 2.09. The lowest BCUT2D eigenvalue weighted by Gasteiger charge is -2.26. The molecule has 5 nitrogen and oxygen atoms in total. The summed E-state index contributed by atoms with van der Waals surface area (Å²) in [6.07, 6.45) is 2.13. The maximum atomic E-state index is 5.36. The van der Waals surface area contributed by atoms with Crippen molar-refractivity contribution in [3.8, 4) is 0 Å². The average Bonchev–Trinajstić information content (AvgIpc) is 2.59. The predicted octanol–water partition coefficient (Wildman–Crippen LogP) is 1.12. The average molecular weight is 304 g/mol. The molecule has 22 heavy (non-hydrogen) atoms. The van der Waals surface area contributed by atoms with Crippen LogP contribution in [0.25, 0.3) is 0 Å². The van der Waals surface area contributed by atoms with Crippen LogP contribution in [0.3, 0.4) is 0 Å². The van der Waals surface area contributed by atoms with Gasteiger partial charge in [0.1, 0.15) is 0 Å². The standard InChI is InChI=1S/C17H28N4O/c1-18-17(20-10-8-16-6-3-2-4-7-16)19-9-5-11-21-12-14-22-15-13-21/h2-4,6-7H,5,8-15H2,1H3,(H2,18,19,20). The maximum Gasteiger partial charge on any atom is 0.190 e. The zero-order valence-electron chi connectivity index (χ0n) is 13.6. The monoisotopic (exact) mass is 304 g/mol. The molecule has 0 aromatic heterocycles. The van der Waals surface area contributed by atoms with E-state index in [1.165, 1.54) is 5.56 Å². The number of aliphatic imine (C=N–C) groups is 1. The summed E-state index contributed by atoms with van der Waals surface area (Å²) in [5, 5.41) is 6.74. The van der Waals surface area contributed by atoms with E-state index in [0.29, 0.717) is 0 Å². The molecule has 1 saturated heterocycles. The number of rotatable bonds is 7. The number of hydrogen-bond acceptors (Lipinski definition) is 3. The number of morpholine rings is 1. The molecule has 1 aromatic rings. The first-order valence-electron chi connectivity index (χ1n) is 8.17. The topological polar surface area (TPSA) is 48.9 Å². The number of benzene rings is 1. The Morgan fingerprint density at radius 2 is 1.86 bits per heavy atom. The first-order valence-corrected chi connectivity index (χ1v) is 8.17. The molecule has 122 valence electrons. The van der Waals surface area contributed by atoms with Crippen LogP contribution in [-0.4, -0.2) is 63.8 Å². The molecule has 1 aliphatic heterocycles. The van der Waals surface area contributed by atoms with Crippen molar-refractivity contribution in [2.24, 2.45) is 4.99 Å². The summed E-state index contributed by atoms with van der Waals surface area (Å²) in [4.78, 5) is 6.72. The van der Waals surface area contributed by atoms with Crippen LogP contribution in [-0.2, 0) is 11.2 Å². The van der Waals surface area contributed by atoms with E-state index in [1.807, 2.05) is 13.1 Å². The molecule has 1 aromatic carbocycles. The zero-order chi connectivity index (χ0) is 15.5. The fourth-order valence-corrected chi connectivity index (χ4v) is 2.52. The van der Waals surface area contributed by atoms with E-state index >= 15 is 0 Å². The van der Waals surface area contributed by atoms with Crippen molar-refractivity contribution < 1.29 is 4.74 Å². The fraction of sp³-hybridized carbons (Fsp3) is 0.588. The predicted molar refractivity (Wildman–Crippen MR) is 91.4 cm³/mol. The van der Waals surface area contributed by atoms with E-state index < -0.39 is 0 Å². The van der Waals surface area contributed by atoms with E-state index in [2.05, 4.69) is 44.8 Å². The van der Waals surface area contributed by atoms with Crippen LogP contribution < -0.4 is 10.6 Å². The molecular weight excluding hydrogens is 276 g/mol. The second kappa shape index (κ2) is 10.2. The number of guanidine groups is 1. The summed E-state index contributed by atoms with van der Waals surface area (Å²) in [7, 11) is 1.82. The lowest BCUT2D eigenvalue weighted by atomic mass is 10.1. The molecule has 2 rings (SSSR count). The van der Waals surface area contributed by atoms with Gasteiger partial charge >= 0.3 is 0 Å². The van der Waals surface area contributed by atoms with Crippen LogP contribution in [0, 0.1) is 0 Å². The highest BCUT2D eigenvalue weighted by atomic mass is 16.5. The van der Waals surface area contributed by atoms with Crippen LogP contribution in [0.15, 0.2) is 35.3 Å². The van der Waals surface area contributed by atoms with Gasteiger partial charge in [0.25, 0.3) is 0 Å². The molecule has 0 atom stereocenters. The van der Waals surface area contributed by atoms with E-state index in [9.17, 15) is 0 Å². The van der Waals surface area contributed by atoms with Crippen LogP contribution in [0.5, 0.6) is 0 Å². The van der Waals surface area contributed by atoms with Crippen molar-refractivity contribution in [1.82, 2.24) is 15.5 Å². The molecule has 2 N–H and O–H groups in total. The molecule has 0 aliphatic carbocycles. The van der Waals surface area contributed by atoms with Crippen molar-refractivity contribution in [3.05, 3.63) is 35.9 Å². The Morgan fingerprint density at radius 1 is 1.14 bits per heavy atom. The third kappa shape index (κ3) is 6.45. The summed E-state index contributed by atoms with van der Waals surface area (Å²) in [6, 6.07) is 10.5. The first kappa shape index (κ1) is 16.8. The van der Waals surface area contributed by atoms with Crippen LogP contribution >= 0.6 is 0 Å². The van der Waals surface area contributed by atoms with E-state index in [-0.39, 0.29) is 0 Å². The Balaban J connectivity index is 1.55. The lowest BCUT2D eigenvalue weighted by molar-refractivity contribution is 0.0376. The van der Waals surface area contributed by atoms with Crippen molar-refractivity contribution in [1.29, 1.82) is 0 Å². The summed E-state index contributed by atoms with van der Waals surface area (Å²) in [5.74, 6) is 0.887. The minimum atomic E-state index is 0.871. The molecule has 1 fully saturated rings. The van der Waals surface area contributed by atoms with Gasteiger partial charge < -0.3 is 15.4 Å². The van der Waals surface area contributed by atoms with Crippen molar-refractivity contribution in [3.63, 3.8) is 0 Å². The van der Waals surface area contributed by atoms with Gasteiger partial charge in [0, 0.05) is 33.2 Å². The third-order valence-electron chi connectivity index (χ3n) is 3.82. The third-order valence-corrected chi connectivity index (χ3v) is 3.82. The molecule has 0 radical (unpaired) electrons. The Labute approximate surface area is 133 Å². The normalized spacial score (nSPS) is 16.5. The number of nitrogens with zero attached hydrogens (tertiary/aromatic N) is 2. The van der Waals surface area contributed by atoms with Gasteiger partial charge in [-0.05, 0) is 24.9 Å². The zero-order valence-corrected chi connectivity index (χ0v) is 13.6. The van der Waals surface area contributed by atoms with Crippen molar-refractivity contribution in [2.75, 3.05) is 53.0 Å². The fourth-order valence-electron chi connectivity index (χ4n) is 2.52. The SMILES string of the molecule is CN=C(NCCCN1CCOCC1)NCCc1ccccc1. The second-order valence-corrected chi connectivity index (χ2v) is 5.47. The van der Waals surface area contributed by atoms with E-state index in [4.69, 9.17) is 4.74 Å². The van der Waals surface area contributed by atoms with Gasteiger partial charge in [-0.15, -0.1) is 0 Å². The maximum absolute atomic E-state index is 5.36. The molecule has 1 aliphatic rings. The quantitative estimate of drug-likeness (QED) is 0.450. The molecule has 0 saturated carbocycles. The number of nitrogens with one attached hydrogen (secondary N) is 2. The molecule has 1 heterocycles. The van der Waals surface area contributed by atoms with Crippen LogP contribution in [0.2, 0.25) is 0 Å². The van der Waals surface area contributed by atoms with Crippen molar-refractivity contribution in [2.45, 2.75) is 12.8 Å². The van der Waals surface area contributed by atoms with Crippen LogP contribution in [0.1, 0.15) is 12.0 Å². The minimum absolute atomic E-state index is 0.871. The van der Waals surface area contributed by atoms with Crippen LogP contribution in [0.4, 0.5) is 0 Å². The Bertz CT molecular complexity index is 430. The molecule has 5 heteroatoms. The van der Waals surface area contributed by atoms with E-state index in [0.717, 1.165) is 64.7 Å². The Hall–Kier alpha value is -1.59. The molecule has 0 spiro atoms. The molecule has 0 amide bonds. The Morgan fingerprint density at radius 3 is 2.59 bits per heavy atom. The minimum Gasteiger partial charge on any atom is -0.379 e. The highest BCUT2D eigenvalue weighted by molar-refractivity contribution is 5.79. The van der Waals surface area contributed by atoms with Gasteiger partial charge in [-0.2, -0.15) is 0 Å². The molecule has 0 unspecified atom stereocenters. The largest absolute Gasteiger partial charge is 0.379 e. The van der Waals surface area contributed by atoms with Gasteiger partial charge in [-0.3, -0.25) is 9.89 Å². The van der Waals surface area contributed by atoms with Gasteiger partial charge in [0.05, 0.1) is 13.2 Å². The van der Waals surface area contributed by atoms with Crippen molar-refractivity contribution >= 4 is 5.96 Å². The van der Waals surface area contributed by atoms with Gasteiger partial charge in [0.2, 0.25) is 0 Å². The smallest absolute Gasteiger partial charge is 0.190 e. The summed E-state index contributed by atoms with van der Waals surface area (Å²) < 4.78 is 5.36.